The van der Waals surface area contributed by atoms with Crippen LogP contribution in [-0.4, -0.2) is 47.7 Å². The summed E-state index contributed by atoms with van der Waals surface area (Å²) in [5.74, 6) is 0.747. The van der Waals surface area contributed by atoms with Gasteiger partial charge >= 0.3 is 0 Å². The van der Waals surface area contributed by atoms with Crippen molar-refractivity contribution in [3.8, 4) is 5.75 Å². The molecule has 2 aromatic rings. The zero-order chi connectivity index (χ0) is 18.0. The molecule has 1 spiro atoms. The molecule has 0 unspecified atom stereocenters. The molecule has 1 fully saturated rings. The van der Waals surface area contributed by atoms with E-state index in [0.717, 1.165) is 50.2 Å². The number of rotatable bonds is 4. The van der Waals surface area contributed by atoms with E-state index >= 15 is 0 Å². The van der Waals surface area contributed by atoms with Crippen LogP contribution in [0.2, 0.25) is 0 Å². The van der Waals surface area contributed by atoms with Gasteiger partial charge in [0.05, 0.1) is 12.3 Å². The molecule has 1 aromatic carbocycles. The molecular formula is C19H23FN4O2. The molecular weight excluding hydrogens is 335 g/mol. The van der Waals surface area contributed by atoms with Crippen molar-refractivity contribution in [1.82, 2.24) is 14.9 Å². The fraction of sp³-hybridized carbons (Fsp3) is 0.474. The fourth-order valence-corrected chi connectivity index (χ4v) is 3.76. The minimum Gasteiger partial charge on any atom is -0.492 e. The van der Waals surface area contributed by atoms with E-state index in [1.165, 1.54) is 12.1 Å². The highest BCUT2D eigenvalue weighted by atomic mass is 19.1. The summed E-state index contributed by atoms with van der Waals surface area (Å²) in [6.45, 7) is 3.93. The molecule has 0 atom stereocenters. The van der Waals surface area contributed by atoms with Gasteiger partial charge < -0.3 is 15.2 Å². The Bertz CT molecular complexity index is 761. The molecule has 2 aliphatic heterocycles. The van der Waals surface area contributed by atoms with E-state index in [9.17, 15) is 4.39 Å². The van der Waals surface area contributed by atoms with Crippen LogP contribution >= 0.6 is 0 Å². The molecule has 0 amide bonds. The lowest BCUT2D eigenvalue weighted by Crippen LogP contribution is -2.48. The summed E-state index contributed by atoms with van der Waals surface area (Å²) < 4.78 is 24.8. The first-order valence-electron chi connectivity index (χ1n) is 9.01. The number of nitrogens with two attached hydrogens (primary N) is 1. The number of piperidine rings is 1. The van der Waals surface area contributed by atoms with Gasteiger partial charge in [0.25, 0.3) is 0 Å². The topological polar surface area (TPSA) is 73.5 Å². The summed E-state index contributed by atoms with van der Waals surface area (Å²) in [4.78, 5) is 11.0. The van der Waals surface area contributed by atoms with Gasteiger partial charge in [-0.2, -0.15) is 0 Å². The van der Waals surface area contributed by atoms with E-state index in [0.29, 0.717) is 24.9 Å². The first-order valence-corrected chi connectivity index (χ1v) is 9.01. The van der Waals surface area contributed by atoms with Crippen LogP contribution in [0.5, 0.6) is 5.75 Å². The lowest BCUT2D eigenvalue weighted by atomic mass is 9.83. The second-order valence-corrected chi connectivity index (χ2v) is 6.84. The van der Waals surface area contributed by atoms with Crippen molar-refractivity contribution < 1.29 is 13.9 Å². The van der Waals surface area contributed by atoms with Crippen molar-refractivity contribution >= 4 is 5.95 Å². The van der Waals surface area contributed by atoms with Crippen molar-refractivity contribution in [2.24, 2.45) is 0 Å². The van der Waals surface area contributed by atoms with Gasteiger partial charge in [0, 0.05) is 25.8 Å². The molecule has 0 aliphatic carbocycles. The number of anilines is 1. The summed E-state index contributed by atoms with van der Waals surface area (Å²) in [6.07, 6.45) is 4.44. The highest BCUT2D eigenvalue weighted by molar-refractivity contribution is 5.32. The third-order valence-corrected chi connectivity index (χ3v) is 5.22. The summed E-state index contributed by atoms with van der Waals surface area (Å²) in [5, 5.41) is 0. The van der Waals surface area contributed by atoms with E-state index < -0.39 is 0 Å². The molecule has 1 saturated heterocycles. The summed E-state index contributed by atoms with van der Waals surface area (Å²) in [5.41, 5.74) is 7.59. The maximum Gasteiger partial charge on any atom is 0.220 e. The summed E-state index contributed by atoms with van der Waals surface area (Å²) in [6, 6.07) is 6.12. The number of likely N-dealkylation sites (tertiary alicyclic amines) is 1. The van der Waals surface area contributed by atoms with E-state index in [1.807, 2.05) is 6.20 Å². The number of nitrogen functional groups attached to an aromatic ring is 1. The Labute approximate surface area is 152 Å². The molecule has 7 heteroatoms. The van der Waals surface area contributed by atoms with Gasteiger partial charge in [0.1, 0.15) is 23.8 Å². The molecule has 1 aromatic heterocycles. The molecule has 0 bridgehead atoms. The molecule has 26 heavy (non-hydrogen) atoms. The minimum absolute atomic E-state index is 0.254. The Kier molecular flexibility index (Phi) is 4.74. The van der Waals surface area contributed by atoms with Gasteiger partial charge in [-0.1, -0.05) is 0 Å². The van der Waals surface area contributed by atoms with Crippen molar-refractivity contribution in [1.29, 1.82) is 0 Å². The summed E-state index contributed by atoms with van der Waals surface area (Å²) >= 11 is 0. The Morgan fingerprint density at radius 2 is 2.00 bits per heavy atom. The van der Waals surface area contributed by atoms with Crippen molar-refractivity contribution in [2.75, 3.05) is 38.6 Å². The maximum absolute atomic E-state index is 12.9. The number of benzene rings is 1. The Hall–Kier alpha value is -2.25. The zero-order valence-electron chi connectivity index (χ0n) is 14.7. The van der Waals surface area contributed by atoms with Crippen LogP contribution in [0.25, 0.3) is 0 Å². The first-order chi connectivity index (χ1) is 12.6. The van der Waals surface area contributed by atoms with Gasteiger partial charge in [-0.25, -0.2) is 14.4 Å². The second kappa shape index (κ2) is 7.17. The average Bonchev–Trinajstić information content (AvgIpc) is 2.66. The zero-order valence-corrected chi connectivity index (χ0v) is 14.7. The molecule has 4 rings (SSSR count). The molecule has 138 valence electrons. The van der Waals surface area contributed by atoms with Crippen LogP contribution in [-0.2, 0) is 16.8 Å². The molecule has 6 nitrogen and oxygen atoms in total. The number of nitrogens with zero attached hydrogens (tertiary/aromatic N) is 3. The smallest absolute Gasteiger partial charge is 0.220 e. The third-order valence-electron chi connectivity index (χ3n) is 5.22. The number of ether oxygens (including phenoxy) is 2. The Morgan fingerprint density at radius 3 is 2.77 bits per heavy atom. The second-order valence-electron chi connectivity index (χ2n) is 6.84. The molecule has 2 aliphatic rings. The number of halogens is 1. The van der Waals surface area contributed by atoms with Crippen LogP contribution in [0.3, 0.4) is 0 Å². The van der Waals surface area contributed by atoms with Crippen molar-refractivity contribution in [3.05, 3.63) is 47.5 Å². The standard InChI is InChI=1S/C19H23FN4O2/c20-15-1-3-16(4-2-15)25-12-10-24-8-6-19(7-9-24)17-14(5-11-26-19)13-22-18(21)23-17/h1-4,13H,5-12H2,(H2,21,22,23). The minimum atomic E-state index is -0.334. The summed E-state index contributed by atoms with van der Waals surface area (Å²) in [7, 11) is 0. The van der Waals surface area contributed by atoms with Gasteiger partial charge in [-0.3, -0.25) is 4.90 Å². The molecule has 0 radical (unpaired) electrons. The van der Waals surface area contributed by atoms with E-state index in [2.05, 4.69) is 14.9 Å². The van der Waals surface area contributed by atoms with Crippen molar-refractivity contribution in [3.63, 3.8) is 0 Å². The predicted molar refractivity (Wildman–Crippen MR) is 95.3 cm³/mol. The Morgan fingerprint density at radius 1 is 1.23 bits per heavy atom. The predicted octanol–water partition coefficient (Wildman–Crippen LogP) is 2.14. The Balaban J connectivity index is 1.33. The lowest BCUT2D eigenvalue weighted by Gasteiger charge is -2.44. The monoisotopic (exact) mass is 358 g/mol. The van der Waals surface area contributed by atoms with E-state index in [4.69, 9.17) is 15.2 Å². The lowest BCUT2D eigenvalue weighted by molar-refractivity contribution is -0.102. The quantitative estimate of drug-likeness (QED) is 0.903. The van der Waals surface area contributed by atoms with E-state index in [-0.39, 0.29) is 11.4 Å². The SMILES string of the molecule is Nc1ncc2c(n1)C1(CCN(CCOc3ccc(F)cc3)CC1)OCC2. The van der Waals surface area contributed by atoms with Crippen molar-refractivity contribution in [2.45, 2.75) is 24.9 Å². The van der Waals surface area contributed by atoms with Crippen LogP contribution < -0.4 is 10.5 Å². The van der Waals surface area contributed by atoms with Gasteiger partial charge in [-0.15, -0.1) is 0 Å². The number of hydrogen-bond donors (Lipinski definition) is 1. The van der Waals surface area contributed by atoms with E-state index in [1.54, 1.807) is 12.1 Å². The highest BCUT2D eigenvalue weighted by Gasteiger charge is 2.42. The fourth-order valence-electron chi connectivity index (χ4n) is 3.76. The largest absolute Gasteiger partial charge is 0.492 e. The number of fused-ring (bicyclic) bond motifs is 2. The van der Waals surface area contributed by atoms with Gasteiger partial charge in [0.15, 0.2) is 0 Å². The number of hydrogen-bond acceptors (Lipinski definition) is 6. The molecule has 2 N–H and O–H groups in total. The number of aromatic nitrogens is 2. The van der Waals surface area contributed by atoms with Crippen LogP contribution in [0, 0.1) is 5.82 Å². The third kappa shape index (κ3) is 3.50. The van der Waals surface area contributed by atoms with Crippen LogP contribution in [0.4, 0.5) is 10.3 Å². The van der Waals surface area contributed by atoms with Crippen LogP contribution in [0.15, 0.2) is 30.5 Å². The highest BCUT2D eigenvalue weighted by Crippen LogP contribution is 2.40. The maximum atomic E-state index is 12.9. The average molecular weight is 358 g/mol. The van der Waals surface area contributed by atoms with Gasteiger partial charge in [0.2, 0.25) is 5.95 Å². The normalized spacial score (nSPS) is 19.3. The van der Waals surface area contributed by atoms with Gasteiger partial charge in [-0.05, 0) is 49.1 Å². The van der Waals surface area contributed by atoms with Crippen LogP contribution in [0.1, 0.15) is 24.1 Å². The molecule has 3 heterocycles. The first kappa shape index (κ1) is 17.2. The molecule has 0 saturated carbocycles.